The van der Waals surface area contributed by atoms with Crippen molar-refractivity contribution in [2.75, 3.05) is 45.9 Å². The summed E-state index contributed by atoms with van der Waals surface area (Å²) in [6.45, 7) is 7.87. The zero-order valence-electron chi connectivity index (χ0n) is 9.70. The first kappa shape index (κ1) is 11.4. The van der Waals surface area contributed by atoms with Crippen molar-refractivity contribution in [1.29, 1.82) is 0 Å². The predicted molar refractivity (Wildman–Crippen MR) is 61.9 cm³/mol. The van der Waals surface area contributed by atoms with E-state index in [4.69, 9.17) is 5.11 Å². The molecule has 88 valence electrons. The molecule has 0 aromatic heterocycles. The van der Waals surface area contributed by atoms with E-state index in [9.17, 15) is 0 Å². The van der Waals surface area contributed by atoms with Gasteiger partial charge in [-0.1, -0.05) is 0 Å². The molecule has 0 bridgehead atoms. The second kappa shape index (κ2) is 5.83. The van der Waals surface area contributed by atoms with Crippen molar-refractivity contribution in [1.82, 2.24) is 9.80 Å². The molecule has 1 aliphatic carbocycles. The average molecular weight is 212 g/mol. The summed E-state index contributed by atoms with van der Waals surface area (Å²) in [6.07, 6.45) is 5.05. The number of aliphatic hydroxyl groups is 1. The fourth-order valence-electron chi connectivity index (χ4n) is 2.31. The van der Waals surface area contributed by atoms with Gasteiger partial charge in [-0.15, -0.1) is 0 Å². The molecule has 0 amide bonds. The van der Waals surface area contributed by atoms with Crippen molar-refractivity contribution in [3.05, 3.63) is 0 Å². The van der Waals surface area contributed by atoms with Gasteiger partial charge in [0.25, 0.3) is 0 Å². The minimum atomic E-state index is 0.349. The second-order valence-corrected chi connectivity index (χ2v) is 5.02. The Balaban J connectivity index is 1.54. The number of aliphatic hydroxyl groups excluding tert-OH is 1. The highest BCUT2D eigenvalue weighted by Crippen LogP contribution is 2.29. The molecule has 2 aliphatic rings. The van der Waals surface area contributed by atoms with Crippen LogP contribution in [0.2, 0.25) is 0 Å². The number of hydrogen-bond donors (Lipinski definition) is 1. The summed E-state index contributed by atoms with van der Waals surface area (Å²) in [6, 6.07) is 0. The third kappa shape index (κ3) is 4.09. The van der Waals surface area contributed by atoms with Crippen LogP contribution in [0.4, 0.5) is 0 Å². The molecule has 1 saturated heterocycles. The van der Waals surface area contributed by atoms with Crippen LogP contribution >= 0.6 is 0 Å². The minimum Gasteiger partial charge on any atom is -0.396 e. The van der Waals surface area contributed by atoms with Gasteiger partial charge in [-0.3, -0.25) is 0 Å². The molecule has 0 unspecified atom stereocenters. The van der Waals surface area contributed by atoms with E-state index in [1.54, 1.807) is 0 Å². The van der Waals surface area contributed by atoms with E-state index < -0.39 is 0 Å². The van der Waals surface area contributed by atoms with Gasteiger partial charge in [0, 0.05) is 39.3 Å². The monoisotopic (exact) mass is 212 g/mol. The molecule has 0 aromatic carbocycles. The topological polar surface area (TPSA) is 26.7 Å². The fourth-order valence-corrected chi connectivity index (χ4v) is 2.31. The Morgan fingerprint density at radius 2 is 1.60 bits per heavy atom. The van der Waals surface area contributed by atoms with E-state index in [-0.39, 0.29) is 0 Å². The normalized spacial score (nSPS) is 24.6. The largest absolute Gasteiger partial charge is 0.396 e. The molecule has 1 saturated carbocycles. The Morgan fingerprint density at radius 1 is 0.933 bits per heavy atom. The summed E-state index contributed by atoms with van der Waals surface area (Å²) < 4.78 is 0. The van der Waals surface area contributed by atoms with Crippen LogP contribution in [0.5, 0.6) is 0 Å². The van der Waals surface area contributed by atoms with Gasteiger partial charge in [0.05, 0.1) is 0 Å². The Bertz CT molecular complexity index is 174. The summed E-state index contributed by atoms with van der Waals surface area (Å²) in [5.74, 6) is 1.03. The summed E-state index contributed by atoms with van der Waals surface area (Å²) in [7, 11) is 0. The maximum absolute atomic E-state index is 8.72. The molecule has 0 radical (unpaired) electrons. The highest BCUT2D eigenvalue weighted by Gasteiger charge is 2.26. The van der Waals surface area contributed by atoms with Gasteiger partial charge in [-0.2, -0.15) is 0 Å². The van der Waals surface area contributed by atoms with Crippen molar-refractivity contribution in [2.24, 2.45) is 5.92 Å². The van der Waals surface area contributed by atoms with Crippen molar-refractivity contribution in [3.8, 4) is 0 Å². The molecular formula is C12H24N2O. The first-order chi connectivity index (χ1) is 7.38. The van der Waals surface area contributed by atoms with E-state index >= 15 is 0 Å². The van der Waals surface area contributed by atoms with Crippen molar-refractivity contribution < 1.29 is 5.11 Å². The maximum Gasteiger partial charge on any atom is 0.0431 e. The Kier molecular flexibility index (Phi) is 4.42. The lowest BCUT2D eigenvalue weighted by Gasteiger charge is -2.34. The summed E-state index contributed by atoms with van der Waals surface area (Å²) in [5.41, 5.74) is 0. The lowest BCUT2D eigenvalue weighted by molar-refractivity contribution is 0.125. The Hall–Kier alpha value is -0.120. The SMILES string of the molecule is OCCCCN1CCN(CC2CC2)CC1. The van der Waals surface area contributed by atoms with Crippen LogP contribution in [0.25, 0.3) is 0 Å². The molecular weight excluding hydrogens is 188 g/mol. The molecule has 2 fully saturated rings. The van der Waals surface area contributed by atoms with Crippen molar-refractivity contribution >= 4 is 0 Å². The molecule has 1 N–H and O–H groups in total. The molecule has 2 rings (SSSR count). The number of hydrogen-bond acceptors (Lipinski definition) is 3. The first-order valence-corrected chi connectivity index (χ1v) is 6.44. The third-order valence-corrected chi connectivity index (χ3v) is 3.56. The van der Waals surface area contributed by atoms with Gasteiger partial charge in [-0.05, 0) is 38.1 Å². The van der Waals surface area contributed by atoms with Gasteiger partial charge in [-0.25, -0.2) is 0 Å². The standard InChI is InChI=1S/C12H24N2O/c15-10-2-1-5-13-6-8-14(9-7-13)11-12-3-4-12/h12,15H,1-11H2. The van der Waals surface area contributed by atoms with Gasteiger partial charge < -0.3 is 14.9 Å². The quantitative estimate of drug-likeness (QED) is 0.659. The summed E-state index contributed by atoms with van der Waals surface area (Å²) >= 11 is 0. The Morgan fingerprint density at radius 3 is 2.20 bits per heavy atom. The molecule has 1 aliphatic heterocycles. The van der Waals surface area contributed by atoms with Gasteiger partial charge >= 0.3 is 0 Å². The molecule has 0 aromatic rings. The van der Waals surface area contributed by atoms with E-state index in [0.717, 1.165) is 18.8 Å². The van der Waals surface area contributed by atoms with Crippen LogP contribution < -0.4 is 0 Å². The van der Waals surface area contributed by atoms with E-state index in [2.05, 4.69) is 9.80 Å². The van der Waals surface area contributed by atoms with Crippen molar-refractivity contribution in [3.63, 3.8) is 0 Å². The van der Waals surface area contributed by atoms with Gasteiger partial charge in [0.2, 0.25) is 0 Å². The lowest BCUT2D eigenvalue weighted by Crippen LogP contribution is -2.47. The summed E-state index contributed by atoms with van der Waals surface area (Å²) in [4.78, 5) is 5.17. The Labute approximate surface area is 93.1 Å². The fraction of sp³-hybridized carbons (Fsp3) is 1.00. The molecule has 15 heavy (non-hydrogen) atoms. The highest BCUT2D eigenvalue weighted by molar-refractivity contribution is 4.80. The highest BCUT2D eigenvalue weighted by atomic mass is 16.2. The number of rotatable bonds is 6. The van der Waals surface area contributed by atoms with Crippen LogP contribution in [0.1, 0.15) is 25.7 Å². The zero-order chi connectivity index (χ0) is 10.5. The van der Waals surface area contributed by atoms with E-state index in [1.807, 2.05) is 0 Å². The smallest absolute Gasteiger partial charge is 0.0431 e. The van der Waals surface area contributed by atoms with E-state index in [1.165, 1.54) is 52.1 Å². The van der Waals surface area contributed by atoms with Crippen LogP contribution in [-0.4, -0.2) is 60.8 Å². The number of nitrogens with zero attached hydrogens (tertiary/aromatic N) is 2. The summed E-state index contributed by atoms with van der Waals surface area (Å²) in [5, 5.41) is 8.72. The minimum absolute atomic E-state index is 0.349. The van der Waals surface area contributed by atoms with Crippen LogP contribution in [-0.2, 0) is 0 Å². The van der Waals surface area contributed by atoms with Gasteiger partial charge in [0.1, 0.15) is 0 Å². The molecule has 3 heteroatoms. The average Bonchev–Trinajstić information content (AvgIpc) is 3.05. The van der Waals surface area contributed by atoms with E-state index in [0.29, 0.717) is 6.61 Å². The molecule has 0 atom stereocenters. The molecule has 3 nitrogen and oxygen atoms in total. The predicted octanol–water partition coefficient (Wildman–Crippen LogP) is 0.786. The van der Waals surface area contributed by atoms with Crippen LogP contribution in [0, 0.1) is 5.92 Å². The molecule has 0 spiro atoms. The van der Waals surface area contributed by atoms with Gasteiger partial charge in [0.15, 0.2) is 0 Å². The maximum atomic E-state index is 8.72. The molecule has 1 heterocycles. The second-order valence-electron chi connectivity index (χ2n) is 5.02. The van der Waals surface area contributed by atoms with Crippen molar-refractivity contribution in [2.45, 2.75) is 25.7 Å². The lowest BCUT2D eigenvalue weighted by atomic mass is 10.2. The third-order valence-electron chi connectivity index (χ3n) is 3.56. The number of unbranched alkanes of at least 4 members (excludes halogenated alkanes) is 1. The first-order valence-electron chi connectivity index (χ1n) is 6.44. The van der Waals surface area contributed by atoms with Crippen LogP contribution in [0.3, 0.4) is 0 Å². The zero-order valence-corrected chi connectivity index (χ0v) is 9.70. The van der Waals surface area contributed by atoms with Crippen LogP contribution in [0.15, 0.2) is 0 Å². The number of piperazine rings is 1.